The fourth-order valence-electron chi connectivity index (χ4n) is 23.6. The van der Waals surface area contributed by atoms with E-state index in [-0.39, 0.29) is 0 Å². The lowest BCUT2D eigenvalue weighted by Gasteiger charge is -2.46. The fraction of sp³-hybridized carbons (Fsp3) is 0.0571. The van der Waals surface area contributed by atoms with Crippen LogP contribution in [0.15, 0.2) is 497 Å². The molecule has 22 aromatic carbocycles. The molecule has 0 atom stereocenters. The molecule has 6 nitrogen and oxygen atoms in total. The van der Waals surface area contributed by atoms with Gasteiger partial charge in [0.2, 0.25) is 0 Å². The quantitative estimate of drug-likeness (QED) is 0.0954. The third kappa shape index (κ3) is 14.6. The molecule has 0 radical (unpaired) electrons. The van der Waals surface area contributed by atoms with E-state index in [2.05, 4.69) is 531 Å². The minimum absolute atomic E-state index is 0.417. The molecule has 0 fully saturated rings. The Kier molecular flexibility index (Phi) is 20.2. The maximum atomic E-state index is 7.20. The van der Waals surface area contributed by atoms with Gasteiger partial charge in [-0.1, -0.05) is 369 Å². The summed E-state index contributed by atoms with van der Waals surface area (Å²) in [6, 6.07) is 179. The van der Waals surface area contributed by atoms with Crippen LogP contribution in [0.25, 0.3) is 232 Å². The van der Waals surface area contributed by atoms with Gasteiger partial charge in [-0.25, -0.2) is 0 Å². The van der Waals surface area contributed by atoms with E-state index in [0.717, 1.165) is 294 Å². The van der Waals surface area contributed by atoms with E-state index in [0.29, 0.717) is 0 Å². The van der Waals surface area contributed by atoms with E-state index < -0.39 is 17.5 Å². The van der Waals surface area contributed by atoms with Gasteiger partial charge in [0.15, 0.2) is 0 Å². The highest BCUT2D eigenvalue weighted by atomic mass is 16.3. The molecule has 694 valence electrons. The number of rotatable bonds is 15. The summed E-state index contributed by atoms with van der Waals surface area (Å²) in [7, 11) is 0. The standard InChI is InChI=1S/C140H97BN2O4/c1-139(2,3)104-82-114(106-53-33-61-128-132(106)110-49-25-29-57-124(110)144-128)137(115(83-104)107-54-34-62-129-133(107)111-50-26-30-58-125(111)145-129)142-120-68-66-92(100-72-94(86-37-13-7-14-38-86)69-95(73-100)87-39-15-8-16-40-87)78-119(120)141-118-67-65-93(101-74-96(88-41-17-9-18-42-88)70-97(75-101)89-43-19-10-20-44-89)79-121(118)143(123-81-103(80-122(142)136(123)141)102-76-98(90-45-21-11-22-46-90)71-99(77-102)91-47-23-12-24-48-91)138-116(108-55-35-63-130-134(108)112-51-27-31-59-126(112)146-130)84-105(140(4,5)6)85-117(138)109-56-36-64-131-135(109)113-52-28-32-60-127(113)147-131/h7-85H,1-6H3. The molecule has 0 saturated carbocycles. The summed E-state index contributed by atoms with van der Waals surface area (Å²) < 4.78 is 28.7. The Labute approximate surface area is 853 Å². The first kappa shape index (κ1) is 86.6. The van der Waals surface area contributed by atoms with Crippen LogP contribution < -0.4 is 26.2 Å². The number of furan rings is 4. The molecule has 0 unspecified atom stereocenters. The van der Waals surface area contributed by atoms with Crippen LogP contribution in [0.5, 0.6) is 0 Å². The second kappa shape index (κ2) is 34.2. The molecule has 2 aliphatic rings. The highest BCUT2D eigenvalue weighted by Crippen LogP contribution is 2.60. The zero-order chi connectivity index (χ0) is 98.0. The van der Waals surface area contributed by atoms with Gasteiger partial charge in [-0.2, -0.15) is 0 Å². The van der Waals surface area contributed by atoms with Crippen molar-refractivity contribution in [1.82, 2.24) is 0 Å². The summed E-state index contributed by atoms with van der Waals surface area (Å²) in [5.74, 6) is 0. The van der Waals surface area contributed by atoms with E-state index in [1.54, 1.807) is 0 Å². The average Bonchev–Trinajstić information content (AvgIpc) is 1.46. The molecule has 0 N–H and O–H groups in total. The summed E-state index contributed by atoms with van der Waals surface area (Å²) in [6.45, 7) is 13.7. The molecule has 6 heterocycles. The van der Waals surface area contributed by atoms with E-state index in [1.807, 2.05) is 0 Å². The van der Waals surface area contributed by atoms with Crippen molar-refractivity contribution in [3.63, 3.8) is 0 Å². The lowest BCUT2D eigenvalue weighted by Crippen LogP contribution is -2.61. The summed E-state index contributed by atoms with van der Waals surface area (Å²) >= 11 is 0. The van der Waals surface area contributed by atoms with Gasteiger partial charge in [0, 0.05) is 88.1 Å². The van der Waals surface area contributed by atoms with E-state index in [4.69, 9.17) is 17.7 Å². The Morgan fingerprint density at radius 1 is 0.170 bits per heavy atom. The predicted octanol–water partition coefficient (Wildman–Crippen LogP) is 37.6. The van der Waals surface area contributed by atoms with Crippen LogP contribution >= 0.6 is 0 Å². The molecule has 7 heteroatoms. The summed E-state index contributed by atoms with van der Waals surface area (Å²) in [5, 5.41) is 8.20. The molecule has 4 aromatic heterocycles. The van der Waals surface area contributed by atoms with Gasteiger partial charge in [0.1, 0.15) is 44.7 Å². The van der Waals surface area contributed by atoms with Crippen LogP contribution in [0.1, 0.15) is 52.7 Å². The van der Waals surface area contributed by atoms with Gasteiger partial charge in [0.25, 0.3) is 6.71 Å². The second-order valence-electron chi connectivity index (χ2n) is 41.6. The number of hydrogen-bond donors (Lipinski definition) is 0. The number of fused-ring (bicyclic) bond motifs is 16. The minimum atomic E-state index is -0.515. The first-order valence-electron chi connectivity index (χ1n) is 51.0. The molecule has 26 aromatic rings. The number of benzene rings is 22. The SMILES string of the molecule is CC(C)(C)c1cc(-c2cccc3oc4ccccc4c23)c(N2c3ccc(-c4cc(-c5ccccc5)cc(-c5ccccc5)c4)cc3B3c4ccc(-c5cc(-c6ccccc6)cc(-c6ccccc6)c5)cc4N(c4c(-c5cccc6oc7ccccc7c56)cc(C(C)(C)C)cc4-c4cccc5oc6ccccc6c45)c4cc(-c5cc(-c6ccccc6)cc(-c6ccccc6)c5)cc2c43)c(-c2cccc3oc4ccccc4c23)c1. The Morgan fingerprint density at radius 3 is 0.707 bits per heavy atom. The molecule has 2 aliphatic heterocycles. The zero-order valence-corrected chi connectivity index (χ0v) is 82.2. The molecule has 0 saturated heterocycles. The van der Waals surface area contributed by atoms with Crippen molar-refractivity contribution in [1.29, 1.82) is 0 Å². The Hall–Kier alpha value is -18.3. The average molecular weight is 1880 g/mol. The number of anilines is 6. The van der Waals surface area contributed by atoms with Gasteiger partial charge in [-0.05, 0) is 312 Å². The van der Waals surface area contributed by atoms with Gasteiger partial charge in [0.05, 0.1) is 11.4 Å². The molecular formula is C140H97BN2O4. The van der Waals surface area contributed by atoms with Crippen LogP contribution in [0.4, 0.5) is 34.1 Å². The highest BCUT2D eigenvalue weighted by molar-refractivity contribution is 7.00. The number of nitrogens with zero attached hydrogens (tertiary/aromatic N) is 2. The highest BCUT2D eigenvalue weighted by Gasteiger charge is 2.47. The van der Waals surface area contributed by atoms with Gasteiger partial charge in [-0.3, -0.25) is 0 Å². The topological polar surface area (TPSA) is 59.0 Å². The van der Waals surface area contributed by atoms with Crippen molar-refractivity contribution >= 4 is 145 Å². The second-order valence-corrected chi connectivity index (χ2v) is 41.6. The first-order valence-corrected chi connectivity index (χ1v) is 51.0. The van der Waals surface area contributed by atoms with Crippen LogP contribution in [0.3, 0.4) is 0 Å². The minimum Gasteiger partial charge on any atom is -0.456 e. The van der Waals surface area contributed by atoms with Crippen molar-refractivity contribution in [2.24, 2.45) is 0 Å². The smallest absolute Gasteiger partial charge is 0.252 e. The summed E-state index contributed by atoms with van der Waals surface area (Å²) in [5.41, 5.74) is 45.1. The van der Waals surface area contributed by atoms with E-state index in [1.165, 1.54) is 0 Å². The lowest BCUT2D eigenvalue weighted by atomic mass is 9.33. The van der Waals surface area contributed by atoms with E-state index >= 15 is 0 Å². The fourth-order valence-corrected chi connectivity index (χ4v) is 23.6. The third-order valence-corrected chi connectivity index (χ3v) is 30.7. The summed E-state index contributed by atoms with van der Waals surface area (Å²) in [6.07, 6.45) is 0. The molecule has 0 amide bonds. The largest absolute Gasteiger partial charge is 0.456 e. The Morgan fingerprint density at radius 2 is 0.408 bits per heavy atom. The molecule has 0 bridgehead atoms. The zero-order valence-electron chi connectivity index (χ0n) is 82.2. The van der Waals surface area contributed by atoms with Crippen molar-refractivity contribution in [3.8, 4) is 145 Å². The van der Waals surface area contributed by atoms with Gasteiger partial charge >= 0.3 is 0 Å². The molecular weight excluding hydrogens is 1780 g/mol. The van der Waals surface area contributed by atoms with Crippen LogP contribution in [-0.2, 0) is 10.8 Å². The lowest BCUT2D eigenvalue weighted by molar-refractivity contribution is 0.590. The molecule has 147 heavy (non-hydrogen) atoms. The van der Waals surface area contributed by atoms with Crippen molar-refractivity contribution in [3.05, 3.63) is 490 Å². The van der Waals surface area contributed by atoms with Crippen molar-refractivity contribution in [2.45, 2.75) is 52.4 Å². The van der Waals surface area contributed by atoms with Crippen molar-refractivity contribution < 1.29 is 17.7 Å². The first-order chi connectivity index (χ1) is 72.1. The van der Waals surface area contributed by atoms with E-state index in [9.17, 15) is 0 Å². The van der Waals surface area contributed by atoms with Gasteiger partial charge in [-0.15, -0.1) is 0 Å². The maximum absolute atomic E-state index is 7.20. The van der Waals surface area contributed by atoms with Crippen LogP contribution in [0, 0.1) is 0 Å². The van der Waals surface area contributed by atoms with Gasteiger partial charge < -0.3 is 27.5 Å². The normalized spacial score (nSPS) is 12.5. The van der Waals surface area contributed by atoms with Crippen LogP contribution in [-0.4, -0.2) is 6.71 Å². The monoisotopic (exact) mass is 1880 g/mol. The predicted molar refractivity (Wildman–Crippen MR) is 618 cm³/mol. The Bertz CT molecular complexity index is 9380. The summed E-state index contributed by atoms with van der Waals surface area (Å²) in [4.78, 5) is 5.50. The third-order valence-electron chi connectivity index (χ3n) is 30.7. The molecule has 28 rings (SSSR count). The molecule has 0 spiro atoms. The molecule has 0 aliphatic carbocycles. The van der Waals surface area contributed by atoms with Crippen molar-refractivity contribution in [2.75, 3.05) is 9.80 Å². The maximum Gasteiger partial charge on any atom is 0.252 e. The van der Waals surface area contributed by atoms with Crippen LogP contribution in [0.2, 0.25) is 0 Å². The number of hydrogen-bond acceptors (Lipinski definition) is 6. The number of para-hydroxylation sites is 4. The Balaban J connectivity index is 0.857.